The predicted octanol–water partition coefficient (Wildman–Crippen LogP) is 9.18. The van der Waals surface area contributed by atoms with E-state index < -0.39 is 0 Å². The van der Waals surface area contributed by atoms with Gasteiger partial charge in [-0.05, 0) is 36.8 Å². The number of ether oxygens (including phenoxy) is 1. The minimum Gasteiger partial charge on any atom is -0.460 e. The normalized spacial score (nSPS) is 14.7. The second-order valence-electron chi connectivity index (χ2n) is 13.1. The van der Waals surface area contributed by atoms with Crippen LogP contribution in [0.4, 0.5) is 0 Å². The van der Waals surface area contributed by atoms with Gasteiger partial charge in [0.25, 0.3) is 0 Å². The highest BCUT2D eigenvalue weighted by Crippen LogP contribution is 2.44. The van der Waals surface area contributed by atoms with Crippen molar-refractivity contribution in [3.05, 3.63) is 162 Å². The highest BCUT2D eigenvalue weighted by Gasteiger charge is 2.33. The van der Waals surface area contributed by atoms with Crippen molar-refractivity contribution in [3.63, 3.8) is 0 Å². The summed E-state index contributed by atoms with van der Waals surface area (Å²) in [5.41, 5.74) is 7.77. The van der Waals surface area contributed by atoms with Gasteiger partial charge in [-0.25, -0.2) is 15.0 Å². The SMILES string of the molecule is C1=c2c(c3ccccc3n2-c2ccc3c(c2)oc2cccc(-c4nc(-c5ccccc5)nc(-c5ccccc5)n4)c23)=C2Oc3ccccc3C2C1. The van der Waals surface area contributed by atoms with Crippen molar-refractivity contribution < 1.29 is 9.15 Å². The van der Waals surface area contributed by atoms with E-state index in [-0.39, 0.29) is 5.92 Å². The average molecular weight is 657 g/mol. The Morgan fingerprint density at radius 2 is 1.29 bits per heavy atom. The van der Waals surface area contributed by atoms with Crippen LogP contribution >= 0.6 is 0 Å². The van der Waals surface area contributed by atoms with Crippen LogP contribution < -0.4 is 15.3 Å². The van der Waals surface area contributed by atoms with Gasteiger partial charge in [-0.15, -0.1) is 0 Å². The summed E-state index contributed by atoms with van der Waals surface area (Å²) in [5.74, 6) is 4.08. The molecule has 6 nitrogen and oxygen atoms in total. The van der Waals surface area contributed by atoms with Crippen molar-refractivity contribution in [1.29, 1.82) is 0 Å². The first-order chi connectivity index (χ1) is 25.3. The molecule has 0 N–H and O–H groups in total. The van der Waals surface area contributed by atoms with E-state index in [1.165, 1.54) is 16.2 Å². The Morgan fingerprint density at radius 3 is 2.10 bits per heavy atom. The molecule has 1 unspecified atom stereocenters. The molecule has 240 valence electrons. The second-order valence-corrected chi connectivity index (χ2v) is 13.1. The third-order valence-corrected chi connectivity index (χ3v) is 10.2. The van der Waals surface area contributed by atoms with E-state index in [1.54, 1.807) is 0 Å². The van der Waals surface area contributed by atoms with Gasteiger partial charge in [0.05, 0.1) is 16.8 Å². The minimum absolute atomic E-state index is 0.226. The molecule has 6 heteroatoms. The van der Waals surface area contributed by atoms with Crippen molar-refractivity contribution in [2.24, 2.45) is 0 Å². The van der Waals surface area contributed by atoms with Crippen LogP contribution in [-0.2, 0) is 0 Å². The van der Waals surface area contributed by atoms with Crippen LogP contribution in [0.3, 0.4) is 0 Å². The number of benzene rings is 6. The lowest BCUT2D eigenvalue weighted by Crippen LogP contribution is -2.34. The zero-order valence-electron chi connectivity index (χ0n) is 27.3. The van der Waals surface area contributed by atoms with Gasteiger partial charge in [0.2, 0.25) is 0 Å². The first-order valence-electron chi connectivity index (χ1n) is 17.2. The minimum atomic E-state index is 0.226. The molecule has 0 saturated heterocycles. The molecule has 0 spiro atoms. The van der Waals surface area contributed by atoms with Crippen molar-refractivity contribution in [2.45, 2.75) is 12.3 Å². The summed E-state index contributed by atoms with van der Waals surface area (Å²) in [6, 6.07) is 49.7. The molecule has 1 atom stereocenters. The smallest absolute Gasteiger partial charge is 0.164 e. The molecule has 1 aliphatic heterocycles. The predicted molar refractivity (Wildman–Crippen MR) is 202 cm³/mol. The van der Waals surface area contributed by atoms with Crippen LogP contribution in [0.25, 0.3) is 84.5 Å². The fourth-order valence-corrected chi connectivity index (χ4v) is 7.94. The zero-order valence-corrected chi connectivity index (χ0v) is 27.3. The number of hydrogen-bond acceptors (Lipinski definition) is 5. The molecule has 0 bridgehead atoms. The van der Waals surface area contributed by atoms with Gasteiger partial charge in [0.15, 0.2) is 17.5 Å². The summed E-state index contributed by atoms with van der Waals surface area (Å²) >= 11 is 0. The lowest BCUT2D eigenvalue weighted by molar-refractivity contribution is 0.509. The van der Waals surface area contributed by atoms with Crippen LogP contribution in [0.15, 0.2) is 150 Å². The standard InChI is InChI=1S/C45H28N4O2/c1-3-12-27(13-4-1)43-46-44(28-14-5-2-6-15-28)48-45(47-43)34-18-11-21-38-40(34)33-23-22-29(26-39(33)50-38)49-35-19-9-7-17-32(35)41-36(49)25-24-31-30-16-8-10-20-37(30)51-42(31)41/h1-23,25-26,31H,24H2. The molecule has 3 aromatic heterocycles. The van der Waals surface area contributed by atoms with E-state index in [4.69, 9.17) is 24.1 Å². The van der Waals surface area contributed by atoms with E-state index in [0.29, 0.717) is 17.5 Å². The molecule has 0 saturated carbocycles. The van der Waals surface area contributed by atoms with Crippen LogP contribution in [-0.4, -0.2) is 19.5 Å². The summed E-state index contributed by atoms with van der Waals surface area (Å²) in [4.78, 5) is 15.0. The zero-order chi connectivity index (χ0) is 33.5. The molecule has 9 aromatic rings. The molecule has 6 aromatic carbocycles. The quantitative estimate of drug-likeness (QED) is 0.189. The molecule has 0 radical (unpaired) electrons. The van der Waals surface area contributed by atoms with Gasteiger partial charge in [0, 0.05) is 55.4 Å². The fourth-order valence-electron chi connectivity index (χ4n) is 7.94. The van der Waals surface area contributed by atoms with E-state index >= 15 is 0 Å². The number of furan rings is 1. The Morgan fingerprint density at radius 1 is 0.588 bits per heavy atom. The molecule has 11 rings (SSSR count). The Labute approximate surface area is 292 Å². The summed E-state index contributed by atoms with van der Waals surface area (Å²) in [6.45, 7) is 0. The topological polar surface area (TPSA) is 66.0 Å². The number of hydrogen-bond donors (Lipinski definition) is 0. The first kappa shape index (κ1) is 28.1. The van der Waals surface area contributed by atoms with Crippen LogP contribution in [0.5, 0.6) is 5.75 Å². The third-order valence-electron chi connectivity index (χ3n) is 10.2. The molecule has 0 amide bonds. The van der Waals surface area contributed by atoms with Gasteiger partial charge in [0.1, 0.15) is 22.7 Å². The lowest BCUT2D eigenvalue weighted by Gasteiger charge is -2.13. The van der Waals surface area contributed by atoms with Gasteiger partial charge >= 0.3 is 0 Å². The Kier molecular flexibility index (Phi) is 5.98. The highest BCUT2D eigenvalue weighted by molar-refractivity contribution is 6.12. The molecular formula is C45H28N4O2. The molecule has 1 aliphatic carbocycles. The highest BCUT2D eigenvalue weighted by atomic mass is 16.5. The number of aromatic nitrogens is 4. The number of rotatable bonds is 4. The Hall–Kier alpha value is -6.79. The number of fused-ring (bicyclic) bond motifs is 9. The van der Waals surface area contributed by atoms with Crippen LogP contribution in [0.2, 0.25) is 0 Å². The van der Waals surface area contributed by atoms with E-state index in [2.05, 4.69) is 77.4 Å². The van der Waals surface area contributed by atoms with Crippen molar-refractivity contribution >= 4 is 44.7 Å². The van der Waals surface area contributed by atoms with E-state index in [9.17, 15) is 0 Å². The van der Waals surface area contributed by atoms with E-state index in [1.807, 2.05) is 78.9 Å². The number of nitrogens with zero attached hydrogens (tertiary/aromatic N) is 4. The van der Waals surface area contributed by atoms with Crippen molar-refractivity contribution in [2.75, 3.05) is 0 Å². The van der Waals surface area contributed by atoms with E-state index in [0.717, 1.165) is 73.1 Å². The first-order valence-corrected chi connectivity index (χ1v) is 17.2. The van der Waals surface area contributed by atoms with Crippen LogP contribution in [0.1, 0.15) is 17.9 Å². The summed E-state index contributed by atoms with van der Waals surface area (Å²) in [5, 5.41) is 5.48. The molecule has 0 fully saturated rings. The monoisotopic (exact) mass is 656 g/mol. The maximum atomic E-state index is 6.63. The lowest BCUT2D eigenvalue weighted by atomic mass is 9.91. The molecular weight excluding hydrogens is 629 g/mol. The van der Waals surface area contributed by atoms with Gasteiger partial charge in [-0.1, -0.05) is 115 Å². The summed E-state index contributed by atoms with van der Waals surface area (Å²) in [7, 11) is 0. The van der Waals surface area contributed by atoms with Gasteiger partial charge < -0.3 is 13.7 Å². The third kappa shape index (κ3) is 4.26. The Balaban J connectivity index is 1.11. The van der Waals surface area contributed by atoms with Crippen molar-refractivity contribution in [1.82, 2.24) is 19.5 Å². The Bertz CT molecular complexity index is 2920. The second kappa shape index (κ2) is 10.9. The van der Waals surface area contributed by atoms with Crippen LogP contribution in [0, 0.1) is 0 Å². The van der Waals surface area contributed by atoms with Gasteiger partial charge in [-0.2, -0.15) is 0 Å². The number of para-hydroxylation sites is 2. The average Bonchev–Trinajstić information content (AvgIpc) is 3.87. The maximum absolute atomic E-state index is 6.63. The summed E-state index contributed by atoms with van der Waals surface area (Å²) in [6.07, 6.45) is 3.25. The van der Waals surface area contributed by atoms with Gasteiger partial charge in [-0.3, -0.25) is 0 Å². The summed E-state index contributed by atoms with van der Waals surface area (Å²) < 4.78 is 15.6. The molecule has 2 aliphatic rings. The molecule has 51 heavy (non-hydrogen) atoms. The largest absolute Gasteiger partial charge is 0.460 e. The molecule has 4 heterocycles. The fraction of sp³-hybridized carbons (Fsp3) is 0.0444. The maximum Gasteiger partial charge on any atom is 0.164 e. The van der Waals surface area contributed by atoms with Crippen molar-refractivity contribution in [3.8, 4) is 45.6 Å².